The number of rotatable bonds is 3. The zero-order valence-electron chi connectivity index (χ0n) is 10.1. The van der Waals surface area contributed by atoms with Crippen LogP contribution in [0.25, 0.3) is 0 Å². The lowest BCUT2D eigenvalue weighted by Gasteiger charge is -2.31. The molecule has 5 nitrogen and oxygen atoms in total. The number of carbonyl (C=O) groups is 1. The summed E-state index contributed by atoms with van der Waals surface area (Å²) in [5.41, 5.74) is 0. The van der Waals surface area contributed by atoms with E-state index >= 15 is 0 Å². The van der Waals surface area contributed by atoms with E-state index in [-0.39, 0.29) is 11.9 Å². The molecular weight excluding hydrogens is 272 g/mol. The predicted octanol–water partition coefficient (Wildman–Crippen LogP) is 1.04. The molecule has 7 heteroatoms. The van der Waals surface area contributed by atoms with Crippen LogP contribution in [-0.2, 0) is 14.8 Å². The second-order valence-corrected chi connectivity index (χ2v) is 7.22. The van der Waals surface area contributed by atoms with Gasteiger partial charge in [-0.25, -0.2) is 13.1 Å². The van der Waals surface area contributed by atoms with E-state index in [1.165, 1.54) is 18.3 Å². The summed E-state index contributed by atoms with van der Waals surface area (Å²) in [6.45, 7) is 2.77. The molecule has 18 heavy (non-hydrogen) atoms. The number of amides is 1. The van der Waals surface area contributed by atoms with Crippen molar-refractivity contribution in [2.24, 2.45) is 0 Å². The Hall–Kier alpha value is -0.920. The Kier molecular flexibility index (Phi) is 4.04. The molecule has 0 radical (unpaired) electrons. The minimum atomic E-state index is -3.39. The van der Waals surface area contributed by atoms with E-state index in [1.807, 2.05) is 0 Å². The van der Waals surface area contributed by atoms with Crippen molar-refractivity contribution < 1.29 is 13.2 Å². The average molecular weight is 288 g/mol. The minimum absolute atomic E-state index is 0.0505. The van der Waals surface area contributed by atoms with Gasteiger partial charge in [0.1, 0.15) is 4.21 Å². The maximum Gasteiger partial charge on any atom is 0.250 e. The van der Waals surface area contributed by atoms with Gasteiger partial charge in [0.05, 0.1) is 0 Å². The van der Waals surface area contributed by atoms with Gasteiger partial charge in [0.15, 0.2) is 0 Å². The molecule has 1 N–H and O–H groups in total. The summed E-state index contributed by atoms with van der Waals surface area (Å²) in [6.07, 6.45) is 1.34. The van der Waals surface area contributed by atoms with E-state index in [0.717, 1.165) is 0 Å². The molecule has 0 aliphatic carbocycles. The van der Waals surface area contributed by atoms with E-state index in [4.69, 9.17) is 0 Å². The predicted molar refractivity (Wildman–Crippen MR) is 69.9 cm³/mol. The highest BCUT2D eigenvalue weighted by Gasteiger charge is 2.25. The molecule has 1 amide bonds. The van der Waals surface area contributed by atoms with Crippen molar-refractivity contribution in [1.82, 2.24) is 9.62 Å². The van der Waals surface area contributed by atoms with Crippen LogP contribution in [0, 0.1) is 0 Å². The molecule has 2 rings (SSSR count). The third-order valence-corrected chi connectivity index (χ3v) is 5.94. The van der Waals surface area contributed by atoms with Crippen molar-refractivity contribution in [1.29, 1.82) is 0 Å². The first-order chi connectivity index (χ1) is 8.49. The first kappa shape index (κ1) is 13.5. The zero-order valence-corrected chi connectivity index (χ0v) is 11.8. The molecule has 0 aromatic carbocycles. The standard InChI is InChI=1S/C11H16N2O3S2/c1-9(14)13-6-4-10(5-7-13)12-18(15,16)11-3-2-8-17-11/h2-3,8,10,12H,4-7H2,1H3. The van der Waals surface area contributed by atoms with Crippen LogP contribution in [0.3, 0.4) is 0 Å². The van der Waals surface area contributed by atoms with Crippen LogP contribution in [0.4, 0.5) is 0 Å². The zero-order chi connectivity index (χ0) is 13.2. The first-order valence-electron chi connectivity index (χ1n) is 5.80. The summed E-state index contributed by atoms with van der Waals surface area (Å²) in [4.78, 5) is 12.9. The van der Waals surface area contributed by atoms with Crippen molar-refractivity contribution in [3.05, 3.63) is 17.5 Å². The Morgan fingerprint density at radius 2 is 2.11 bits per heavy atom. The molecule has 0 spiro atoms. The highest BCUT2D eigenvalue weighted by Crippen LogP contribution is 2.18. The van der Waals surface area contributed by atoms with Crippen LogP contribution >= 0.6 is 11.3 Å². The molecule has 1 aromatic rings. The lowest BCUT2D eigenvalue weighted by atomic mass is 10.1. The number of hydrogen-bond acceptors (Lipinski definition) is 4. The largest absolute Gasteiger partial charge is 0.343 e. The summed E-state index contributed by atoms with van der Waals surface area (Å²) in [5.74, 6) is 0.0505. The molecule has 2 heterocycles. The fourth-order valence-electron chi connectivity index (χ4n) is 2.01. The minimum Gasteiger partial charge on any atom is -0.343 e. The number of nitrogens with zero attached hydrogens (tertiary/aromatic N) is 1. The van der Waals surface area contributed by atoms with Crippen molar-refractivity contribution in [3.8, 4) is 0 Å². The Balaban J connectivity index is 1.94. The molecule has 0 bridgehead atoms. The number of sulfonamides is 1. The van der Waals surface area contributed by atoms with E-state index in [9.17, 15) is 13.2 Å². The average Bonchev–Trinajstić information content (AvgIpc) is 2.83. The van der Waals surface area contributed by atoms with Crippen molar-refractivity contribution in [3.63, 3.8) is 0 Å². The second-order valence-electron chi connectivity index (χ2n) is 4.33. The molecular formula is C11H16N2O3S2. The molecule has 1 fully saturated rings. The summed E-state index contributed by atoms with van der Waals surface area (Å²) in [7, 11) is -3.39. The number of piperidine rings is 1. The first-order valence-corrected chi connectivity index (χ1v) is 8.16. The SMILES string of the molecule is CC(=O)N1CCC(NS(=O)(=O)c2cccs2)CC1. The topological polar surface area (TPSA) is 66.5 Å². The Bertz CT molecular complexity index is 502. The summed E-state index contributed by atoms with van der Waals surface area (Å²) >= 11 is 1.21. The van der Waals surface area contributed by atoms with Gasteiger partial charge in [0.2, 0.25) is 15.9 Å². The van der Waals surface area contributed by atoms with Gasteiger partial charge in [0, 0.05) is 26.1 Å². The number of nitrogens with one attached hydrogen (secondary N) is 1. The van der Waals surface area contributed by atoms with Gasteiger partial charge >= 0.3 is 0 Å². The highest BCUT2D eigenvalue weighted by atomic mass is 32.2. The molecule has 0 atom stereocenters. The van der Waals surface area contributed by atoms with Gasteiger partial charge < -0.3 is 4.90 Å². The molecule has 1 aliphatic heterocycles. The van der Waals surface area contributed by atoms with E-state index in [0.29, 0.717) is 30.1 Å². The lowest BCUT2D eigenvalue weighted by Crippen LogP contribution is -2.45. The van der Waals surface area contributed by atoms with E-state index < -0.39 is 10.0 Å². The van der Waals surface area contributed by atoms with Crippen LogP contribution in [0.1, 0.15) is 19.8 Å². The molecule has 1 aliphatic rings. The third-order valence-electron chi connectivity index (χ3n) is 3.02. The number of hydrogen-bond donors (Lipinski definition) is 1. The molecule has 100 valence electrons. The van der Waals surface area contributed by atoms with Gasteiger partial charge in [-0.1, -0.05) is 6.07 Å². The van der Waals surface area contributed by atoms with Gasteiger partial charge in [-0.15, -0.1) is 11.3 Å². The van der Waals surface area contributed by atoms with Gasteiger partial charge in [0.25, 0.3) is 0 Å². The van der Waals surface area contributed by atoms with Crippen LogP contribution in [-0.4, -0.2) is 38.4 Å². The molecule has 0 saturated carbocycles. The lowest BCUT2D eigenvalue weighted by molar-refractivity contribution is -0.129. The summed E-state index contributed by atoms with van der Waals surface area (Å²) in [5, 5.41) is 1.74. The van der Waals surface area contributed by atoms with Crippen LogP contribution in [0.5, 0.6) is 0 Å². The number of carbonyl (C=O) groups excluding carboxylic acids is 1. The Morgan fingerprint density at radius 1 is 1.44 bits per heavy atom. The normalized spacial score (nSPS) is 17.9. The molecule has 1 saturated heterocycles. The van der Waals surface area contributed by atoms with Crippen LogP contribution in [0.15, 0.2) is 21.7 Å². The summed E-state index contributed by atoms with van der Waals surface area (Å²) in [6, 6.07) is 3.24. The van der Waals surface area contributed by atoms with Crippen molar-refractivity contribution in [2.75, 3.05) is 13.1 Å². The smallest absolute Gasteiger partial charge is 0.250 e. The maximum atomic E-state index is 12.0. The number of thiophene rings is 1. The third kappa shape index (κ3) is 3.09. The maximum absolute atomic E-state index is 12.0. The molecule has 1 aromatic heterocycles. The quantitative estimate of drug-likeness (QED) is 0.903. The van der Waals surface area contributed by atoms with E-state index in [1.54, 1.807) is 22.4 Å². The highest BCUT2D eigenvalue weighted by molar-refractivity contribution is 7.91. The van der Waals surface area contributed by atoms with Gasteiger partial charge in [-0.2, -0.15) is 0 Å². The van der Waals surface area contributed by atoms with Crippen LogP contribution < -0.4 is 4.72 Å². The summed E-state index contributed by atoms with van der Waals surface area (Å²) < 4.78 is 27.0. The monoisotopic (exact) mass is 288 g/mol. The van der Waals surface area contributed by atoms with Gasteiger partial charge in [-0.05, 0) is 24.3 Å². The van der Waals surface area contributed by atoms with Crippen molar-refractivity contribution >= 4 is 27.3 Å². The fourth-order valence-corrected chi connectivity index (χ4v) is 4.32. The number of likely N-dealkylation sites (tertiary alicyclic amines) is 1. The van der Waals surface area contributed by atoms with Crippen molar-refractivity contribution in [2.45, 2.75) is 30.0 Å². The Morgan fingerprint density at radius 3 is 2.61 bits per heavy atom. The van der Waals surface area contributed by atoms with Gasteiger partial charge in [-0.3, -0.25) is 4.79 Å². The van der Waals surface area contributed by atoms with Crippen LogP contribution in [0.2, 0.25) is 0 Å². The Labute approximate surface area is 111 Å². The second kappa shape index (κ2) is 5.38. The van der Waals surface area contributed by atoms with E-state index in [2.05, 4.69) is 4.72 Å². The fraction of sp³-hybridized carbons (Fsp3) is 0.545. The molecule has 0 unspecified atom stereocenters.